The van der Waals surface area contributed by atoms with Crippen molar-refractivity contribution in [1.29, 1.82) is 0 Å². The van der Waals surface area contributed by atoms with Crippen LogP contribution >= 0.6 is 0 Å². The first-order valence-corrected chi connectivity index (χ1v) is 4.16. The molecule has 0 unspecified atom stereocenters. The molecule has 0 atom stereocenters. The summed E-state index contributed by atoms with van der Waals surface area (Å²) in [5.41, 5.74) is 1.28. The number of carbonyl (C=O) groups excluding carboxylic acids is 1. The molecule has 76 valence electrons. The molecule has 0 radical (unpaired) electrons. The van der Waals surface area contributed by atoms with Crippen LogP contribution in [0.1, 0.15) is 15.9 Å². The maximum atomic E-state index is 13.3. The molecule has 3 nitrogen and oxygen atoms in total. The molecular weight excluding hydrogens is 185 g/mol. The van der Waals surface area contributed by atoms with E-state index in [1.807, 2.05) is 0 Å². The van der Waals surface area contributed by atoms with Crippen molar-refractivity contribution < 1.29 is 13.9 Å². The fourth-order valence-electron chi connectivity index (χ4n) is 1.17. The van der Waals surface area contributed by atoms with Crippen LogP contribution in [0.3, 0.4) is 0 Å². The second-order valence-electron chi connectivity index (χ2n) is 2.87. The minimum Gasteiger partial charge on any atom is -0.465 e. The number of hydrogen-bond donors (Lipinski definition) is 1. The second-order valence-corrected chi connectivity index (χ2v) is 2.87. The summed E-state index contributed by atoms with van der Waals surface area (Å²) in [6, 6.07) is 2.73. The zero-order valence-electron chi connectivity index (χ0n) is 8.35. The lowest BCUT2D eigenvalue weighted by atomic mass is 10.1. The number of methoxy groups -OCH3 is 1. The summed E-state index contributed by atoms with van der Waals surface area (Å²) in [4.78, 5) is 11.1. The summed E-state index contributed by atoms with van der Waals surface area (Å²) in [7, 11) is 2.93. The van der Waals surface area contributed by atoms with Crippen LogP contribution < -0.4 is 5.32 Å². The van der Waals surface area contributed by atoms with Gasteiger partial charge in [-0.25, -0.2) is 9.18 Å². The molecule has 1 rings (SSSR count). The largest absolute Gasteiger partial charge is 0.465 e. The van der Waals surface area contributed by atoms with Crippen molar-refractivity contribution >= 4 is 11.7 Å². The van der Waals surface area contributed by atoms with E-state index in [1.54, 1.807) is 20.0 Å². The fraction of sp³-hybridized carbons (Fsp3) is 0.300. The van der Waals surface area contributed by atoms with E-state index >= 15 is 0 Å². The lowest BCUT2D eigenvalue weighted by Crippen LogP contribution is -2.04. The number of anilines is 1. The number of nitrogens with one attached hydrogen (secondary N) is 1. The maximum absolute atomic E-state index is 13.3. The summed E-state index contributed by atoms with van der Waals surface area (Å²) in [5, 5.41) is 2.81. The van der Waals surface area contributed by atoms with E-state index in [-0.39, 0.29) is 5.56 Å². The van der Waals surface area contributed by atoms with Crippen LogP contribution in [0.15, 0.2) is 12.1 Å². The highest BCUT2D eigenvalue weighted by Gasteiger charge is 2.11. The summed E-state index contributed by atoms with van der Waals surface area (Å²) in [6.07, 6.45) is 0. The lowest BCUT2D eigenvalue weighted by molar-refractivity contribution is 0.0600. The van der Waals surface area contributed by atoms with E-state index < -0.39 is 11.8 Å². The van der Waals surface area contributed by atoms with Crippen LogP contribution in [0.5, 0.6) is 0 Å². The molecule has 0 saturated carbocycles. The molecule has 0 aromatic heterocycles. The third-order valence-corrected chi connectivity index (χ3v) is 2.03. The Bertz CT molecular complexity index is 363. The van der Waals surface area contributed by atoms with E-state index in [0.717, 1.165) is 0 Å². The minimum atomic E-state index is -0.541. The number of halogens is 1. The van der Waals surface area contributed by atoms with Crippen LogP contribution in [-0.4, -0.2) is 20.1 Å². The van der Waals surface area contributed by atoms with Crippen molar-refractivity contribution in [3.05, 3.63) is 29.1 Å². The lowest BCUT2D eigenvalue weighted by Gasteiger charge is -2.08. The Morgan fingerprint density at radius 3 is 2.64 bits per heavy atom. The third kappa shape index (κ3) is 1.84. The van der Waals surface area contributed by atoms with Crippen molar-refractivity contribution in [2.75, 3.05) is 19.5 Å². The van der Waals surface area contributed by atoms with E-state index in [0.29, 0.717) is 11.3 Å². The van der Waals surface area contributed by atoms with E-state index in [4.69, 9.17) is 0 Å². The van der Waals surface area contributed by atoms with Gasteiger partial charge in [-0.3, -0.25) is 0 Å². The molecule has 14 heavy (non-hydrogen) atoms. The van der Waals surface area contributed by atoms with Crippen LogP contribution in [0.25, 0.3) is 0 Å². The summed E-state index contributed by atoms with van der Waals surface area (Å²) in [5.74, 6) is -0.961. The smallest absolute Gasteiger partial charge is 0.338 e. The van der Waals surface area contributed by atoms with Crippen LogP contribution in [-0.2, 0) is 4.74 Å². The monoisotopic (exact) mass is 197 g/mol. The molecular formula is C10H12FNO2. The van der Waals surface area contributed by atoms with Gasteiger partial charge < -0.3 is 10.1 Å². The zero-order chi connectivity index (χ0) is 10.7. The Labute approximate surface area is 81.9 Å². The molecule has 1 aromatic rings. The SMILES string of the molecule is CNc1cc(C(=O)OC)cc(F)c1C. The standard InChI is InChI=1S/C10H12FNO2/c1-6-8(11)4-7(10(13)14-3)5-9(6)12-2/h4-5,12H,1-3H3. The predicted molar refractivity (Wildman–Crippen MR) is 52.0 cm³/mol. The van der Waals surface area contributed by atoms with Gasteiger partial charge in [-0.1, -0.05) is 0 Å². The highest BCUT2D eigenvalue weighted by atomic mass is 19.1. The van der Waals surface area contributed by atoms with Gasteiger partial charge >= 0.3 is 5.97 Å². The summed E-state index contributed by atoms with van der Waals surface area (Å²) in [6.45, 7) is 1.64. The normalized spacial score (nSPS) is 9.71. The molecule has 0 spiro atoms. The molecule has 1 aromatic carbocycles. The Morgan fingerprint density at radius 1 is 1.50 bits per heavy atom. The highest BCUT2D eigenvalue weighted by molar-refractivity contribution is 5.90. The van der Waals surface area contributed by atoms with Gasteiger partial charge in [0.25, 0.3) is 0 Å². The Balaban J connectivity index is 3.22. The molecule has 0 bridgehead atoms. The van der Waals surface area contributed by atoms with Crippen molar-refractivity contribution in [2.45, 2.75) is 6.92 Å². The zero-order valence-corrected chi connectivity index (χ0v) is 8.35. The molecule has 0 heterocycles. The van der Waals surface area contributed by atoms with E-state index in [9.17, 15) is 9.18 Å². The summed E-state index contributed by atoms with van der Waals surface area (Å²) >= 11 is 0. The van der Waals surface area contributed by atoms with Gasteiger partial charge in [0.2, 0.25) is 0 Å². The number of benzene rings is 1. The minimum absolute atomic E-state index is 0.208. The Morgan fingerprint density at radius 2 is 2.14 bits per heavy atom. The summed E-state index contributed by atoms with van der Waals surface area (Å²) < 4.78 is 17.8. The average Bonchev–Trinajstić information content (AvgIpc) is 2.20. The van der Waals surface area contributed by atoms with Crippen LogP contribution in [0.2, 0.25) is 0 Å². The van der Waals surface area contributed by atoms with Crippen LogP contribution in [0.4, 0.5) is 10.1 Å². The average molecular weight is 197 g/mol. The molecule has 1 N–H and O–H groups in total. The van der Waals surface area contributed by atoms with Gasteiger partial charge in [-0.15, -0.1) is 0 Å². The van der Waals surface area contributed by atoms with E-state index in [1.165, 1.54) is 13.2 Å². The van der Waals surface area contributed by atoms with Crippen molar-refractivity contribution in [1.82, 2.24) is 0 Å². The maximum Gasteiger partial charge on any atom is 0.338 e. The van der Waals surface area contributed by atoms with Gasteiger partial charge in [-0.2, -0.15) is 0 Å². The number of ether oxygens (including phenoxy) is 1. The van der Waals surface area contributed by atoms with Gasteiger partial charge in [0.15, 0.2) is 0 Å². The molecule has 0 saturated heterocycles. The fourth-order valence-corrected chi connectivity index (χ4v) is 1.17. The third-order valence-electron chi connectivity index (χ3n) is 2.03. The van der Waals surface area contributed by atoms with Gasteiger partial charge in [-0.05, 0) is 19.1 Å². The van der Waals surface area contributed by atoms with Crippen LogP contribution in [0, 0.1) is 12.7 Å². The molecule has 0 aliphatic heterocycles. The quantitative estimate of drug-likeness (QED) is 0.736. The number of rotatable bonds is 2. The highest BCUT2D eigenvalue weighted by Crippen LogP contribution is 2.20. The van der Waals surface area contributed by atoms with Gasteiger partial charge in [0, 0.05) is 18.3 Å². The van der Waals surface area contributed by atoms with Gasteiger partial charge in [0.1, 0.15) is 5.82 Å². The van der Waals surface area contributed by atoms with Crippen molar-refractivity contribution in [3.63, 3.8) is 0 Å². The first kappa shape index (κ1) is 10.5. The van der Waals surface area contributed by atoms with E-state index in [2.05, 4.69) is 10.1 Å². The second kappa shape index (κ2) is 4.09. The molecule has 4 heteroatoms. The number of carbonyl (C=O) groups is 1. The molecule has 0 aliphatic rings. The molecule has 0 fully saturated rings. The molecule has 0 aliphatic carbocycles. The van der Waals surface area contributed by atoms with Crippen molar-refractivity contribution in [3.8, 4) is 0 Å². The number of hydrogen-bond acceptors (Lipinski definition) is 3. The van der Waals surface area contributed by atoms with Gasteiger partial charge in [0.05, 0.1) is 12.7 Å². The topological polar surface area (TPSA) is 38.3 Å². The first-order valence-electron chi connectivity index (χ1n) is 4.16. The molecule has 0 amide bonds. The number of esters is 1. The first-order chi connectivity index (χ1) is 6.60. The Hall–Kier alpha value is -1.58. The predicted octanol–water partition coefficient (Wildman–Crippen LogP) is 1.96. The van der Waals surface area contributed by atoms with Crippen molar-refractivity contribution in [2.24, 2.45) is 0 Å². The Kier molecular flexibility index (Phi) is 3.06.